The van der Waals surface area contributed by atoms with Crippen LogP contribution in [-0.4, -0.2) is 35.5 Å². The average Bonchev–Trinajstić information content (AvgIpc) is 2.78. The van der Waals surface area contributed by atoms with Gasteiger partial charge in [-0.15, -0.1) is 0 Å². The number of rotatable bonds is 4. The summed E-state index contributed by atoms with van der Waals surface area (Å²) in [6, 6.07) is 3.70. The number of hydrogen-bond donors (Lipinski definition) is 1. The van der Waals surface area contributed by atoms with E-state index in [0.717, 1.165) is 12.8 Å². The van der Waals surface area contributed by atoms with Crippen LogP contribution < -0.4 is 5.32 Å². The number of carbonyl (C=O) groups excluding carboxylic acids is 2. The number of hydrogen-bond acceptors (Lipinski definition) is 3. The largest absolute Gasteiger partial charge is 0.381 e. The minimum Gasteiger partial charge on any atom is -0.381 e. The van der Waals surface area contributed by atoms with Crippen LogP contribution >= 0.6 is 0 Å². The molecule has 0 unspecified atom stereocenters. The Balaban J connectivity index is 1.90. The van der Waals surface area contributed by atoms with Gasteiger partial charge in [0.2, 0.25) is 5.91 Å². The predicted molar refractivity (Wildman–Crippen MR) is 66.4 cm³/mol. The van der Waals surface area contributed by atoms with E-state index >= 15 is 0 Å². The number of ketones is 1. The molecule has 0 aliphatic carbocycles. The van der Waals surface area contributed by atoms with E-state index in [1.165, 1.54) is 6.92 Å². The van der Waals surface area contributed by atoms with E-state index in [0.29, 0.717) is 18.9 Å². The van der Waals surface area contributed by atoms with E-state index in [4.69, 9.17) is 4.74 Å². The molecule has 1 aliphatic rings. The zero-order chi connectivity index (χ0) is 13.0. The highest BCUT2D eigenvalue weighted by molar-refractivity contribution is 5.93. The molecule has 0 saturated carbocycles. The maximum absolute atomic E-state index is 11.9. The lowest BCUT2D eigenvalue weighted by Gasteiger charge is -2.23. The van der Waals surface area contributed by atoms with Crippen molar-refractivity contribution in [3.05, 3.63) is 24.0 Å². The third kappa shape index (κ3) is 3.20. The molecule has 2 rings (SSSR count). The summed E-state index contributed by atoms with van der Waals surface area (Å²) < 4.78 is 6.91. The van der Waals surface area contributed by atoms with Crippen molar-refractivity contribution in [3.8, 4) is 0 Å². The third-order valence-corrected chi connectivity index (χ3v) is 3.09. The fourth-order valence-electron chi connectivity index (χ4n) is 2.14. The van der Waals surface area contributed by atoms with Gasteiger partial charge in [-0.05, 0) is 25.0 Å². The normalized spacial score (nSPS) is 16.5. The van der Waals surface area contributed by atoms with Crippen LogP contribution in [0.3, 0.4) is 0 Å². The van der Waals surface area contributed by atoms with Crippen LogP contribution in [0.15, 0.2) is 18.3 Å². The second kappa shape index (κ2) is 5.82. The number of carbonyl (C=O) groups is 2. The highest BCUT2D eigenvalue weighted by atomic mass is 16.5. The van der Waals surface area contributed by atoms with Gasteiger partial charge in [-0.2, -0.15) is 0 Å². The zero-order valence-electron chi connectivity index (χ0n) is 10.5. The van der Waals surface area contributed by atoms with Crippen LogP contribution in [0.1, 0.15) is 30.3 Å². The van der Waals surface area contributed by atoms with Gasteiger partial charge in [-0.1, -0.05) is 0 Å². The van der Waals surface area contributed by atoms with Crippen molar-refractivity contribution < 1.29 is 14.3 Å². The van der Waals surface area contributed by atoms with Gasteiger partial charge in [0.25, 0.3) is 0 Å². The number of aromatic nitrogens is 1. The topological polar surface area (TPSA) is 60.3 Å². The summed E-state index contributed by atoms with van der Waals surface area (Å²) in [5.74, 6) is -0.0838. The Hall–Kier alpha value is -1.62. The Morgan fingerprint density at radius 2 is 2.17 bits per heavy atom. The van der Waals surface area contributed by atoms with Crippen LogP contribution in [0.4, 0.5) is 0 Å². The maximum atomic E-state index is 11.9. The first kappa shape index (κ1) is 12.8. The van der Waals surface area contributed by atoms with E-state index in [-0.39, 0.29) is 24.3 Å². The smallest absolute Gasteiger partial charge is 0.240 e. The summed E-state index contributed by atoms with van der Waals surface area (Å²) in [4.78, 5) is 23.2. The van der Waals surface area contributed by atoms with Crippen molar-refractivity contribution in [3.63, 3.8) is 0 Å². The van der Waals surface area contributed by atoms with Crippen LogP contribution in [0.25, 0.3) is 0 Å². The molecule has 1 aromatic rings. The summed E-state index contributed by atoms with van der Waals surface area (Å²) in [6.07, 6.45) is 3.47. The quantitative estimate of drug-likeness (QED) is 0.810. The predicted octanol–water partition coefficient (Wildman–Crippen LogP) is 0.986. The molecule has 0 aromatic carbocycles. The summed E-state index contributed by atoms with van der Waals surface area (Å²) in [7, 11) is 0. The standard InChI is InChI=1S/C13H18N2O3/c1-10(16)12-3-2-6-15(12)9-13(17)14-11-4-7-18-8-5-11/h2-3,6,11H,4-5,7-9H2,1H3,(H,14,17). The fourth-order valence-corrected chi connectivity index (χ4v) is 2.14. The van der Waals surface area contributed by atoms with Crippen LogP contribution in [0.5, 0.6) is 0 Å². The van der Waals surface area contributed by atoms with Crippen LogP contribution in [-0.2, 0) is 16.1 Å². The highest BCUT2D eigenvalue weighted by Gasteiger charge is 2.17. The molecule has 18 heavy (non-hydrogen) atoms. The van der Waals surface area contributed by atoms with Crippen LogP contribution in [0, 0.1) is 0 Å². The summed E-state index contributed by atoms with van der Waals surface area (Å²) >= 11 is 0. The molecule has 1 aromatic heterocycles. The molecule has 1 fully saturated rings. The van der Waals surface area contributed by atoms with Crippen LogP contribution in [0.2, 0.25) is 0 Å². The van der Waals surface area contributed by atoms with Gasteiger partial charge in [0.15, 0.2) is 5.78 Å². The molecular weight excluding hydrogens is 232 g/mol. The lowest BCUT2D eigenvalue weighted by atomic mass is 10.1. The van der Waals surface area contributed by atoms with Crippen molar-refractivity contribution in [1.29, 1.82) is 0 Å². The first-order chi connectivity index (χ1) is 8.66. The van der Waals surface area contributed by atoms with Crippen molar-refractivity contribution in [2.24, 2.45) is 0 Å². The zero-order valence-corrected chi connectivity index (χ0v) is 10.5. The van der Waals surface area contributed by atoms with E-state index in [9.17, 15) is 9.59 Å². The molecule has 5 heteroatoms. The maximum Gasteiger partial charge on any atom is 0.240 e. The first-order valence-corrected chi connectivity index (χ1v) is 6.20. The molecule has 5 nitrogen and oxygen atoms in total. The van der Waals surface area contributed by atoms with Gasteiger partial charge in [0.05, 0.1) is 5.69 Å². The Morgan fingerprint density at radius 1 is 1.44 bits per heavy atom. The summed E-state index contributed by atoms with van der Waals surface area (Å²) in [6.45, 7) is 3.10. The summed E-state index contributed by atoms with van der Waals surface area (Å²) in [5.41, 5.74) is 0.567. The summed E-state index contributed by atoms with van der Waals surface area (Å²) in [5, 5.41) is 2.97. The van der Waals surface area contributed by atoms with Gasteiger partial charge in [-0.25, -0.2) is 0 Å². The molecule has 0 radical (unpaired) electrons. The highest BCUT2D eigenvalue weighted by Crippen LogP contribution is 2.07. The number of ether oxygens (including phenoxy) is 1. The van der Waals surface area contributed by atoms with E-state index in [1.54, 1.807) is 22.9 Å². The number of amides is 1. The molecule has 1 N–H and O–H groups in total. The second-order valence-corrected chi connectivity index (χ2v) is 4.53. The molecule has 1 aliphatic heterocycles. The van der Waals surface area contributed by atoms with Gasteiger partial charge >= 0.3 is 0 Å². The minimum absolute atomic E-state index is 0.0288. The van der Waals surface area contributed by atoms with E-state index in [1.807, 2.05) is 0 Å². The van der Waals surface area contributed by atoms with Gasteiger partial charge in [-0.3, -0.25) is 9.59 Å². The van der Waals surface area contributed by atoms with Gasteiger partial charge < -0.3 is 14.6 Å². The monoisotopic (exact) mass is 250 g/mol. The Bertz CT molecular complexity index is 433. The lowest BCUT2D eigenvalue weighted by Crippen LogP contribution is -2.40. The number of Topliss-reactive ketones (excluding diaryl/α,β-unsaturated/α-hetero) is 1. The molecule has 1 saturated heterocycles. The molecule has 98 valence electrons. The molecule has 0 atom stereocenters. The Morgan fingerprint density at radius 3 is 2.83 bits per heavy atom. The third-order valence-electron chi connectivity index (χ3n) is 3.09. The number of nitrogens with one attached hydrogen (secondary N) is 1. The molecule has 1 amide bonds. The SMILES string of the molecule is CC(=O)c1cccn1CC(=O)NC1CCOCC1. The second-order valence-electron chi connectivity index (χ2n) is 4.53. The number of nitrogens with zero attached hydrogens (tertiary/aromatic N) is 1. The van der Waals surface area contributed by atoms with E-state index < -0.39 is 0 Å². The van der Waals surface area contributed by atoms with Crippen molar-refractivity contribution >= 4 is 11.7 Å². The molecule has 0 bridgehead atoms. The van der Waals surface area contributed by atoms with Crippen molar-refractivity contribution in [2.75, 3.05) is 13.2 Å². The molecular formula is C13H18N2O3. The van der Waals surface area contributed by atoms with Crippen molar-refractivity contribution in [1.82, 2.24) is 9.88 Å². The fraction of sp³-hybridized carbons (Fsp3) is 0.538. The minimum atomic E-state index is -0.0550. The average molecular weight is 250 g/mol. The first-order valence-electron chi connectivity index (χ1n) is 6.20. The van der Waals surface area contributed by atoms with E-state index in [2.05, 4.69) is 5.32 Å². The lowest BCUT2D eigenvalue weighted by molar-refractivity contribution is -0.122. The van der Waals surface area contributed by atoms with Gasteiger partial charge in [0, 0.05) is 32.4 Å². The molecule has 0 spiro atoms. The Kier molecular flexibility index (Phi) is 4.15. The molecule has 2 heterocycles. The van der Waals surface area contributed by atoms with Gasteiger partial charge in [0.1, 0.15) is 6.54 Å². The van der Waals surface area contributed by atoms with Crippen molar-refractivity contribution in [2.45, 2.75) is 32.4 Å². The Labute approximate surface area is 106 Å².